The van der Waals surface area contributed by atoms with E-state index in [1.54, 1.807) is 0 Å². The van der Waals surface area contributed by atoms with E-state index in [0.717, 1.165) is 25.9 Å². The zero-order chi connectivity index (χ0) is 11.3. The van der Waals surface area contributed by atoms with Crippen molar-refractivity contribution in [3.8, 4) is 11.8 Å². The zero-order valence-corrected chi connectivity index (χ0v) is 9.92. The van der Waals surface area contributed by atoms with E-state index in [1.165, 1.54) is 0 Å². The number of nitrogens with zero attached hydrogens (tertiary/aromatic N) is 2. The average Bonchev–Trinajstić information content (AvgIpc) is 2.18. The number of hydrogen-bond acceptors (Lipinski definition) is 2. The van der Waals surface area contributed by atoms with E-state index in [4.69, 9.17) is 0 Å². The number of hydrogen-bond donors (Lipinski definition) is 0. The Hall–Kier alpha value is -1.01. The van der Waals surface area contributed by atoms with Crippen LogP contribution in [-0.4, -0.2) is 49.4 Å². The first-order chi connectivity index (χ1) is 7.13. The smallest absolute Gasteiger partial charge is 0.236 e. The Bertz CT molecular complexity index is 267. The number of amides is 1. The Kier molecular flexibility index (Phi) is 4.64. The van der Waals surface area contributed by atoms with Crippen molar-refractivity contribution in [1.29, 1.82) is 0 Å². The molecule has 0 bridgehead atoms. The van der Waals surface area contributed by atoms with Crippen LogP contribution >= 0.6 is 0 Å². The first-order valence-electron chi connectivity index (χ1n) is 5.48. The molecule has 1 aliphatic rings. The number of carbonyl (C=O) groups excluding carboxylic acids is 1. The highest BCUT2D eigenvalue weighted by Gasteiger charge is 2.21. The first-order valence-corrected chi connectivity index (χ1v) is 5.48. The average molecular weight is 208 g/mol. The molecule has 0 N–H and O–H groups in total. The molecule has 1 aliphatic heterocycles. The van der Waals surface area contributed by atoms with E-state index in [9.17, 15) is 4.79 Å². The predicted molar refractivity (Wildman–Crippen MR) is 61.3 cm³/mol. The monoisotopic (exact) mass is 208 g/mol. The van der Waals surface area contributed by atoms with Crippen LogP contribution in [0.1, 0.15) is 19.8 Å². The molecule has 0 aromatic carbocycles. The molecule has 1 heterocycles. The molecule has 0 radical (unpaired) electrons. The molecule has 0 aromatic rings. The molecule has 1 amide bonds. The predicted octanol–water partition coefficient (Wildman–Crippen LogP) is 0.810. The number of rotatable bonds is 2. The van der Waals surface area contributed by atoms with Crippen LogP contribution in [0.5, 0.6) is 0 Å². The highest BCUT2D eigenvalue weighted by Crippen LogP contribution is 2.16. The molecule has 15 heavy (non-hydrogen) atoms. The summed E-state index contributed by atoms with van der Waals surface area (Å²) < 4.78 is 0. The van der Waals surface area contributed by atoms with Crippen LogP contribution in [0.3, 0.4) is 0 Å². The number of likely N-dealkylation sites (N-methyl/N-ethyl adjacent to an activating group) is 1. The van der Waals surface area contributed by atoms with Crippen molar-refractivity contribution >= 4 is 5.91 Å². The molecule has 3 nitrogen and oxygen atoms in total. The molecule has 0 unspecified atom stereocenters. The standard InChI is InChI=1S/C12H20N2O/c1-4-5-11-6-8-14(9-7-11)12(15)10-13(2)3/h11H,6-10H2,1-3H3. The lowest BCUT2D eigenvalue weighted by molar-refractivity contribution is -0.132. The second kappa shape index (κ2) is 5.77. The fourth-order valence-corrected chi connectivity index (χ4v) is 1.85. The van der Waals surface area contributed by atoms with Crippen LogP contribution in [0.25, 0.3) is 0 Å². The minimum atomic E-state index is 0.239. The molecular weight excluding hydrogens is 188 g/mol. The molecule has 1 saturated heterocycles. The van der Waals surface area contributed by atoms with Gasteiger partial charge in [0.15, 0.2) is 0 Å². The summed E-state index contributed by atoms with van der Waals surface area (Å²) in [5.74, 6) is 6.88. The van der Waals surface area contributed by atoms with Gasteiger partial charge in [-0.3, -0.25) is 4.79 Å². The Balaban J connectivity index is 2.35. The van der Waals surface area contributed by atoms with Crippen molar-refractivity contribution in [2.75, 3.05) is 33.7 Å². The maximum absolute atomic E-state index is 11.7. The zero-order valence-electron chi connectivity index (χ0n) is 9.92. The van der Waals surface area contributed by atoms with Gasteiger partial charge in [0.1, 0.15) is 0 Å². The first kappa shape index (κ1) is 12.1. The van der Waals surface area contributed by atoms with Gasteiger partial charge >= 0.3 is 0 Å². The molecule has 0 saturated carbocycles. The van der Waals surface area contributed by atoms with Gasteiger partial charge in [-0.05, 0) is 33.9 Å². The number of likely N-dealkylation sites (tertiary alicyclic amines) is 1. The maximum Gasteiger partial charge on any atom is 0.236 e. The Morgan fingerprint density at radius 3 is 2.47 bits per heavy atom. The van der Waals surface area contributed by atoms with E-state index in [2.05, 4.69) is 11.8 Å². The highest BCUT2D eigenvalue weighted by atomic mass is 16.2. The van der Waals surface area contributed by atoms with E-state index < -0.39 is 0 Å². The molecule has 1 fully saturated rings. The third kappa shape index (κ3) is 3.93. The van der Waals surface area contributed by atoms with Crippen molar-refractivity contribution in [2.24, 2.45) is 5.92 Å². The van der Waals surface area contributed by atoms with Gasteiger partial charge in [0, 0.05) is 19.0 Å². The molecule has 0 spiro atoms. The largest absolute Gasteiger partial charge is 0.341 e. The summed E-state index contributed by atoms with van der Waals surface area (Å²) in [6.07, 6.45) is 2.06. The molecular formula is C12H20N2O. The highest BCUT2D eigenvalue weighted by molar-refractivity contribution is 5.78. The van der Waals surface area contributed by atoms with Crippen LogP contribution in [0.15, 0.2) is 0 Å². The fraction of sp³-hybridized carbons (Fsp3) is 0.750. The summed E-state index contributed by atoms with van der Waals surface area (Å²) in [7, 11) is 3.85. The topological polar surface area (TPSA) is 23.6 Å². The summed E-state index contributed by atoms with van der Waals surface area (Å²) in [5.41, 5.74) is 0. The summed E-state index contributed by atoms with van der Waals surface area (Å²) in [4.78, 5) is 15.6. The van der Waals surface area contributed by atoms with Gasteiger partial charge in [-0.1, -0.05) is 0 Å². The maximum atomic E-state index is 11.7. The molecule has 0 atom stereocenters. The van der Waals surface area contributed by atoms with Crippen molar-refractivity contribution in [3.63, 3.8) is 0 Å². The van der Waals surface area contributed by atoms with Crippen LogP contribution in [-0.2, 0) is 4.79 Å². The van der Waals surface area contributed by atoms with Gasteiger partial charge in [0.25, 0.3) is 0 Å². The minimum absolute atomic E-state index is 0.239. The lowest BCUT2D eigenvalue weighted by atomic mass is 9.97. The molecule has 1 rings (SSSR count). The molecule has 84 valence electrons. The SMILES string of the molecule is CC#CC1CCN(C(=O)CN(C)C)CC1. The third-order valence-electron chi connectivity index (χ3n) is 2.65. The van der Waals surface area contributed by atoms with Crippen molar-refractivity contribution < 1.29 is 4.79 Å². The van der Waals surface area contributed by atoms with Gasteiger partial charge in [-0.2, -0.15) is 0 Å². The van der Waals surface area contributed by atoms with Gasteiger partial charge in [-0.25, -0.2) is 0 Å². The van der Waals surface area contributed by atoms with Crippen LogP contribution in [0.4, 0.5) is 0 Å². The number of piperidine rings is 1. The lowest BCUT2D eigenvalue weighted by Crippen LogP contribution is -2.42. The van der Waals surface area contributed by atoms with Crippen LogP contribution in [0, 0.1) is 17.8 Å². The second-order valence-electron chi connectivity index (χ2n) is 4.29. The van der Waals surface area contributed by atoms with Crippen molar-refractivity contribution in [1.82, 2.24) is 9.80 Å². The van der Waals surface area contributed by atoms with E-state index in [1.807, 2.05) is 30.8 Å². The summed E-state index contributed by atoms with van der Waals surface area (Å²) in [6.45, 7) is 4.13. The van der Waals surface area contributed by atoms with Gasteiger partial charge in [0.2, 0.25) is 5.91 Å². The minimum Gasteiger partial charge on any atom is -0.341 e. The van der Waals surface area contributed by atoms with Gasteiger partial charge in [0.05, 0.1) is 6.54 Å². The lowest BCUT2D eigenvalue weighted by Gasteiger charge is -2.30. The Labute approximate surface area is 92.4 Å². The van der Waals surface area contributed by atoms with E-state index in [-0.39, 0.29) is 5.91 Å². The molecule has 3 heteroatoms. The van der Waals surface area contributed by atoms with E-state index >= 15 is 0 Å². The van der Waals surface area contributed by atoms with Crippen molar-refractivity contribution in [2.45, 2.75) is 19.8 Å². The summed E-state index contributed by atoms with van der Waals surface area (Å²) in [6, 6.07) is 0. The molecule has 0 aliphatic carbocycles. The normalized spacial score (nSPS) is 17.5. The molecule has 0 aromatic heterocycles. The van der Waals surface area contributed by atoms with Crippen molar-refractivity contribution in [3.05, 3.63) is 0 Å². The third-order valence-corrected chi connectivity index (χ3v) is 2.65. The quantitative estimate of drug-likeness (QED) is 0.627. The van der Waals surface area contributed by atoms with E-state index in [0.29, 0.717) is 12.5 Å². The summed E-state index contributed by atoms with van der Waals surface area (Å²) in [5, 5.41) is 0. The van der Waals surface area contributed by atoms with Crippen LogP contribution in [0.2, 0.25) is 0 Å². The summed E-state index contributed by atoms with van der Waals surface area (Å²) >= 11 is 0. The fourth-order valence-electron chi connectivity index (χ4n) is 1.85. The number of carbonyl (C=O) groups is 1. The Morgan fingerprint density at radius 1 is 1.40 bits per heavy atom. The van der Waals surface area contributed by atoms with Gasteiger partial charge in [-0.15, -0.1) is 11.8 Å². The second-order valence-corrected chi connectivity index (χ2v) is 4.29. The Morgan fingerprint density at radius 2 is 2.00 bits per heavy atom. The van der Waals surface area contributed by atoms with Crippen LogP contribution < -0.4 is 0 Å². The van der Waals surface area contributed by atoms with Gasteiger partial charge < -0.3 is 9.80 Å².